The molecule has 1 heterocycles. The highest BCUT2D eigenvalue weighted by atomic mass is 35.5. The molecule has 0 saturated carbocycles. The first kappa shape index (κ1) is 22.6. The van der Waals surface area contributed by atoms with Crippen molar-refractivity contribution in [3.63, 3.8) is 0 Å². The lowest BCUT2D eigenvalue weighted by Gasteiger charge is -2.13. The molecule has 0 aromatic heterocycles. The van der Waals surface area contributed by atoms with Crippen molar-refractivity contribution in [2.45, 2.75) is 20.0 Å². The minimum absolute atomic E-state index is 0.183. The van der Waals surface area contributed by atoms with Gasteiger partial charge in [-0.2, -0.15) is 0 Å². The van der Waals surface area contributed by atoms with Gasteiger partial charge in [0.25, 0.3) is 11.1 Å². The van der Waals surface area contributed by atoms with Crippen molar-refractivity contribution in [2.75, 3.05) is 6.54 Å². The van der Waals surface area contributed by atoms with Crippen molar-refractivity contribution >= 4 is 52.5 Å². The zero-order chi connectivity index (χ0) is 22.5. The number of carbonyl (C=O) groups is 4. The van der Waals surface area contributed by atoms with Gasteiger partial charge in [0.15, 0.2) is 0 Å². The number of amides is 2. The van der Waals surface area contributed by atoms with Gasteiger partial charge in [0.2, 0.25) is 0 Å². The molecule has 3 rings (SSSR count). The van der Waals surface area contributed by atoms with E-state index in [1.807, 2.05) is 0 Å². The van der Waals surface area contributed by atoms with Crippen LogP contribution in [-0.4, -0.2) is 40.6 Å². The van der Waals surface area contributed by atoms with Crippen molar-refractivity contribution < 1.29 is 28.7 Å². The van der Waals surface area contributed by atoms with Crippen LogP contribution >= 0.6 is 23.4 Å². The van der Waals surface area contributed by atoms with Crippen LogP contribution in [0.4, 0.5) is 4.79 Å². The van der Waals surface area contributed by atoms with Crippen LogP contribution in [0, 0.1) is 0 Å². The molecule has 0 bridgehead atoms. The first-order valence-electron chi connectivity index (χ1n) is 9.26. The van der Waals surface area contributed by atoms with E-state index in [1.165, 1.54) is 6.08 Å². The monoisotopic (exact) mass is 459 g/mol. The largest absolute Gasteiger partial charge is 0.462 e. The molecule has 0 unspecified atom stereocenters. The summed E-state index contributed by atoms with van der Waals surface area (Å²) in [6.45, 7) is 2.93. The van der Waals surface area contributed by atoms with Gasteiger partial charge in [-0.3, -0.25) is 19.3 Å². The van der Waals surface area contributed by atoms with Crippen LogP contribution in [0.25, 0.3) is 6.08 Å². The van der Waals surface area contributed by atoms with Crippen molar-refractivity contribution in [3.8, 4) is 5.75 Å². The number of ether oxygens (including phenoxy) is 2. The minimum Gasteiger partial charge on any atom is -0.462 e. The predicted octanol–water partition coefficient (Wildman–Crippen LogP) is 4.55. The number of hydrogen-bond acceptors (Lipinski definition) is 7. The number of carbonyl (C=O) groups excluding carboxylic acids is 4. The summed E-state index contributed by atoms with van der Waals surface area (Å²) >= 11 is 6.74. The second kappa shape index (κ2) is 9.80. The third-order valence-electron chi connectivity index (χ3n) is 4.01. The highest BCUT2D eigenvalue weighted by molar-refractivity contribution is 8.18. The summed E-state index contributed by atoms with van der Waals surface area (Å²) in [6, 6.07) is 12.9. The quantitative estimate of drug-likeness (QED) is 0.355. The predicted molar refractivity (Wildman–Crippen MR) is 117 cm³/mol. The van der Waals surface area contributed by atoms with Gasteiger partial charge in [-0.05, 0) is 61.5 Å². The first-order chi connectivity index (χ1) is 14.7. The molecule has 2 aromatic carbocycles. The number of imide groups is 1. The lowest BCUT2D eigenvalue weighted by Crippen LogP contribution is -2.35. The maximum atomic E-state index is 12.5. The zero-order valence-electron chi connectivity index (χ0n) is 16.7. The average Bonchev–Trinajstić information content (AvgIpc) is 2.96. The summed E-state index contributed by atoms with van der Waals surface area (Å²) in [5.41, 5.74) is 0.866. The second-order valence-corrected chi connectivity index (χ2v) is 8.15. The Balaban J connectivity index is 1.67. The third kappa shape index (κ3) is 5.74. The maximum Gasteiger partial charge on any atom is 0.345 e. The van der Waals surface area contributed by atoms with E-state index in [4.69, 9.17) is 21.1 Å². The fourth-order valence-electron chi connectivity index (χ4n) is 2.64. The van der Waals surface area contributed by atoms with Crippen molar-refractivity contribution in [3.05, 3.63) is 69.6 Å². The van der Waals surface area contributed by atoms with Crippen molar-refractivity contribution in [2.24, 2.45) is 0 Å². The van der Waals surface area contributed by atoms with Gasteiger partial charge in [0.05, 0.1) is 21.6 Å². The fourth-order valence-corrected chi connectivity index (χ4v) is 3.69. The fraction of sp³-hybridized carbons (Fsp3) is 0.182. The van der Waals surface area contributed by atoms with Crippen molar-refractivity contribution in [1.82, 2.24) is 4.90 Å². The lowest BCUT2D eigenvalue weighted by molar-refractivity contribution is -0.149. The van der Waals surface area contributed by atoms with E-state index in [0.717, 1.165) is 16.7 Å². The molecule has 0 aliphatic carbocycles. The van der Waals surface area contributed by atoms with E-state index in [1.54, 1.807) is 62.4 Å². The molecule has 2 amide bonds. The SMILES string of the molecule is CC(C)OC(=O)CN1C(=O)S/C(=C\c2ccc(OC(=O)c3ccccc3Cl)cc2)C1=O. The zero-order valence-corrected chi connectivity index (χ0v) is 18.2. The van der Waals surface area contributed by atoms with Crippen LogP contribution in [0.15, 0.2) is 53.4 Å². The number of esters is 2. The molecule has 7 nitrogen and oxygen atoms in total. The van der Waals surface area contributed by atoms with Crippen LogP contribution in [0.2, 0.25) is 5.02 Å². The smallest absolute Gasteiger partial charge is 0.345 e. The molecule has 0 N–H and O–H groups in total. The lowest BCUT2D eigenvalue weighted by atomic mass is 10.2. The molecule has 31 heavy (non-hydrogen) atoms. The Hall–Kier alpha value is -3.10. The third-order valence-corrected chi connectivity index (χ3v) is 5.25. The standard InChI is InChI=1S/C22H18ClNO6S/c1-13(2)29-19(25)12-24-20(26)18(31-22(24)28)11-14-7-9-15(10-8-14)30-21(27)16-5-3-4-6-17(16)23/h3-11,13H,12H2,1-2H3/b18-11-. The molecule has 0 spiro atoms. The normalized spacial score (nSPS) is 15.0. The number of nitrogens with zero attached hydrogens (tertiary/aromatic N) is 1. The Morgan fingerprint density at radius 3 is 2.42 bits per heavy atom. The van der Waals surface area contributed by atoms with E-state index in [-0.39, 0.29) is 21.6 Å². The van der Waals surface area contributed by atoms with Gasteiger partial charge < -0.3 is 9.47 Å². The van der Waals surface area contributed by atoms with Crippen LogP contribution in [-0.2, 0) is 14.3 Å². The van der Waals surface area contributed by atoms with Crippen LogP contribution in [0.5, 0.6) is 5.75 Å². The van der Waals surface area contributed by atoms with Gasteiger partial charge >= 0.3 is 11.9 Å². The molecule has 1 fully saturated rings. The summed E-state index contributed by atoms with van der Waals surface area (Å²) < 4.78 is 10.3. The Bertz CT molecular complexity index is 1060. The first-order valence-corrected chi connectivity index (χ1v) is 10.5. The van der Waals surface area contributed by atoms with Gasteiger partial charge in [0.1, 0.15) is 12.3 Å². The van der Waals surface area contributed by atoms with Gasteiger partial charge in [0, 0.05) is 0 Å². The number of hydrogen-bond donors (Lipinski definition) is 0. The highest BCUT2D eigenvalue weighted by Gasteiger charge is 2.36. The second-order valence-electron chi connectivity index (χ2n) is 6.74. The molecule has 0 radical (unpaired) electrons. The molecule has 1 aliphatic rings. The molecular formula is C22H18ClNO6S. The number of thioether (sulfide) groups is 1. The van der Waals surface area contributed by atoms with E-state index in [2.05, 4.69) is 0 Å². The van der Waals surface area contributed by atoms with Gasteiger partial charge in [-0.25, -0.2) is 4.79 Å². The maximum absolute atomic E-state index is 12.5. The molecule has 0 atom stereocenters. The van der Waals surface area contributed by atoms with E-state index in [0.29, 0.717) is 11.3 Å². The highest BCUT2D eigenvalue weighted by Crippen LogP contribution is 2.32. The molecule has 9 heteroatoms. The summed E-state index contributed by atoms with van der Waals surface area (Å²) in [4.78, 5) is 49.6. The van der Waals surface area contributed by atoms with Crippen LogP contribution < -0.4 is 4.74 Å². The number of benzene rings is 2. The topological polar surface area (TPSA) is 90.0 Å². The minimum atomic E-state index is -0.650. The molecule has 1 aliphatic heterocycles. The van der Waals surface area contributed by atoms with Gasteiger partial charge in [-0.1, -0.05) is 35.9 Å². The number of halogens is 1. The average molecular weight is 460 g/mol. The molecule has 2 aromatic rings. The summed E-state index contributed by atoms with van der Waals surface area (Å²) in [6.07, 6.45) is 1.19. The summed E-state index contributed by atoms with van der Waals surface area (Å²) in [7, 11) is 0. The Morgan fingerprint density at radius 1 is 1.10 bits per heavy atom. The Labute approximate surface area is 188 Å². The van der Waals surface area contributed by atoms with E-state index in [9.17, 15) is 19.2 Å². The van der Waals surface area contributed by atoms with Gasteiger partial charge in [-0.15, -0.1) is 0 Å². The van der Waals surface area contributed by atoms with Crippen LogP contribution in [0.1, 0.15) is 29.8 Å². The van der Waals surface area contributed by atoms with Crippen LogP contribution in [0.3, 0.4) is 0 Å². The Kier molecular flexibility index (Phi) is 7.14. The molecule has 1 saturated heterocycles. The molecule has 160 valence electrons. The summed E-state index contributed by atoms with van der Waals surface area (Å²) in [5, 5.41) is -0.251. The van der Waals surface area contributed by atoms with Crippen molar-refractivity contribution in [1.29, 1.82) is 0 Å². The van der Waals surface area contributed by atoms with E-state index >= 15 is 0 Å². The molecular weight excluding hydrogens is 442 g/mol. The van der Waals surface area contributed by atoms with E-state index < -0.39 is 29.6 Å². The Morgan fingerprint density at radius 2 is 1.77 bits per heavy atom. The number of rotatable bonds is 6. The summed E-state index contributed by atoms with van der Waals surface area (Å²) in [5.74, 6) is -1.51.